The zero-order valence-corrected chi connectivity index (χ0v) is 16.2. The monoisotopic (exact) mass is 428 g/mol. The summed E-state index contributed by atoms with van der Waals surface area (Å²) in [6.45, 7) is 1.59. The quantitative estimate of drug-likeness (QED) is 0.754. The summed E-state index contributed by atoms with van der Waals surface area (Å²) in [6.07, 6.45) is -0.241. The smallest absolute Gasteiger partial charge is 0.497 e. The third-order valence-corrected chi connectivity index (χ3v) is 4.26. The summed E-state index contributed by atoms with van der Waals surface area (Å²) in [7, 11) is 1.35. The topological polar surface area (TPSA) is 85.8 Å². The van der Waals surface area contributed by atoms with E-state index in [1.54, 1.807) is 11.0 Å². The maximum Gasteiger partial charge on any atom is 0.573 e. The minimum atomic E-state index is -4.80. The van der Waals surface area contributed by atoms with Crippen LogP contribution >= 0.6 is 0 Å². The largest absolute Gasteiger partial charge is 0.573 e. The fourth-order valence-electron chi connectivity index (χ4n) is 2.84. The summed E-state index contributed by atoms with van der Waals surface area (Å²) in [5, 5.41) is 2.89. The molecule has 1 N–H and O–H groups in total. The number of aromatic nitrogens is 2. The number of hydrogen-bond acceptors (Lipinski definition) is 7. The van der Waals surface area contributed by atoms with E-state index >= 15 is 0 Å². The van der Waals surface area contributed by atoms with E-state index in [2.05, 4.69) is 20.0 Å². The lowest BCUT2D eigenvalue weighted by atomic mass is 10.2. The van der Waals surface area contributed by atoms with Gasteiger partial charge in [0.1, 0.15) is 18.2 Å². The molecule has 0 spiro atoms. The van der Waals surface area contributed by atoms with Gasteiger partial charge in [-0.15, -0.1) is 13.2 Å². The van der Waals surface area contributed by atoms with E-state index in [0.29, 0.717) is 24.3 Å². The van der Waals surface area contributed by atoms with Gasteiger partial charge in [-0.3, -0.25) is 4.79 Å². The van der Waals surface area contributed by atoms with Gasteiger partial charge in [0.2, 0.25) is 5.95 Å². The number of nitrogens with one attached hydrogen (secondary N) is 1. The lowest BCUT2D eigenvalue weighted by Gasteiger charge is -2.19. The van der Waals surface area contributed by atoms with Crippen molar-refractivity contribution in [3.8, 4) is 11.5 Å². The molecule has 11 heteroatoms. The first-order valence-electron chi connectivity index (χ1n) is 9.21. The molecule has 0 saturated carbocycles. The minimum absolute atomic E-state index is 0. The second-order valence-corrected chi connectivity index (χ2v) is 6.53. The molecule has 30 heavy (non-hydrogen) atoms. The van der Waals surface area contributed by atoms with Crippen LogP contribution in [0, 0.1) is 0 Å². The summed E-state index contributed by atoms with van der Waals surface area (Å²) in [6, 6.07) is 3.94. The zero-order chi connectivity index (χ0) is 21.6. The molecule has 1 aliphatic rings. The molecule has 2 heterocycles. The van der Waals surface area contributed by atoms with Crippen LogP contribution in [0.5, 0.6) is 11.5 Å². The number of methoxy groups -OCH3 is 1. The van der Waals surface area contributed by atoms with Crippen LogP contribution in [-0.2, 0) is 11.3 Å². The highest BCUT2D eigenvalue weighted by molar-refractivity contribution is 5.93. The number of ether oxygens (including phenoxy) is 3. The third-order valence-electron chi connectivity index (χ3n) is 4.26. The van der Waals surface area contributed by atoms with Crippen LogP contribution < -0.4 is 14.8 Å². The van der Waals surface area contributed by atoms with Crippen molar-refractivity contribution in [2.45, 2.75) is 25.7 Å². The van der Waals surface area contributed by atoms with E-state index in [-0.39, 0.29) is 38.1 Å². The van der Waals surface area contributed by atoms with Crippen molar-refractivity contribution in [3.63, 3.8) is 0 Å². The summed E-state index contributed by atoms with van der Waals surface area (Å²) in [5.41, 5.74) is 0.798. The highest BCUT2D eigenvalue weighted by Crippen LogP contribution is 2.28. The summed E-state index contributed by atoms with van der Waals surface area (Å²) in [5.74, 6) is -0.166. The number of amides is 1. The van der Waals surface area contributed by atoms with Crippen molar-refractivity contribution in [1.82, 2.24) is 14.9 Å². The molecule has 0 aliphatic carbocycles. The highest BCUT2D eigenvalue weighted by Gasteiger charge is 2.31. The molecule has 1 saturated heterocycles. The number of halogens is 3. The molecular formula is C19H23F3N4O4. The first-order chi connectivity index (χ1) is 14.3. The Kier molecular flexibility index (Phi) is 6.93. The first kappa shape index (κ1) is 21.6. The van der Waals surface area contributed by atoms with Crippen LogP contribution in [0.15, 0.2) is 30.6 Å². The van der Waals surface area contributed by atoms with Crippen molar-refractivity contribution in [2.24, 2.45) is 0 Å². The predicted molar refractivity (Wildman–Crippen MR) is 102 cm³/mol. The predicted octanol–water partition coefficient (Wildman–Crippen LogP) is 3.45. The number of anilines is 1. The molecule has 3 rings (SSSR count). The van der Waals surface area contributed by atoms with Gasteiger partial charge in [-0.05, 0) is 30.5 Å². The number of hydrogen-bond donors (Lipinski definition) is 1. The van der Waals surface area contributed by atoms with Crippen LogP contribution in [0.3, 0.4) is 0 Å². The number of rotatable bonds is 6. The number of benzene rings is 1. The van der Waals surface area contributed by atoms with Gasteiger partial charge in [-0.1, -0.05) is 0 Å². The normalized spacial score (nSPS) is 14.7. The minimum Gasteiger partial charge on any atom is -0.497 e. The first-order valence-corrected chi connectivity index (χ1v) is 9.21. The van der Waals surface area contributed by atoms with Crippen LogP contribution in [0.25, 0.3) is 0 Å². The van der Waals surface area contributed by atoms with E-state index in [9.17, 15) is 18.0 Å². The van der Waals surface area contributed by atoms with E-state index in [0.717, 1.165) is 18.9 Å². The Bertz CT molecular complexity index is 860. The molecule has 0 bridgehead atoms. The number of nitrogens with zero attached hydrogens (tertiary/aromatic N) is 3. The maximum atomic E-state index is 12.5. The van der Waals surface area contributed by atoms with Crippen molar-refractivity contribution in [3.05, 3.63) is 41.7 Å². The van der Waals surface area contributed by atoms with Crippen LogP contribution in [0.2, 0.25) is 0 Å². The Morgan fingerprint density at radius 2 is 1.97 bits per heavy atom. The molecule has 1 fully saturated rings. The van der Waals surface area contributed by atoms with Crippen molar-refractivity contribution in [1.29, 1.82) is 0 Å². The Labute approximate surface area is 172 Å². The van der Waals surface area contributed by atoms with Gasteiger partial charge in [0, 0.05) is 39.6 Å². The fraction of sp³-hybridized carbons (Fsp3) is 0.421. The lowest BCUT2D eigenvalue weighted by molar-refractivity contribution is -0.274. The third kappa shape index (κ3) is 6.21. The van der Waals surface area contributed by atoms with Crippen LogP contribution in [0.4, 0.5) is 19.1 Å². The second-order valence-electron chi connectivity index (χ2n) is 6.53. The van der Waals surface area contributed by atoms with Crippen molar-refractivity contribution in [2.75, 3.05) is 32.3 Å². The molecule has 164 valence electrons. The average Bonchev–Trinajstić information content (AvgIpc) is 3.00. The number of carbonyl (C=O) groups excluding carboxylic acids is 1. The molecular weight excluding hydrogens is 405 g/mol. The Morgan fingerprint density at radius 3 is 2.67 bits per heavy atom. The molecule has 0 unspecified atom stereocenters. The Balaban J connectivity index is 0.00000341. The average molecular weight is 428 g/mol. The standard InChI is InChI=1S/C19H21F3N4O4.H2/c1-28-15-6-13(7-16(8-15)30-19(20,21)22)9-23-18-24-10-14(11-25-18)17(27)26-4-2-3-5-29-12-26;/h6-8,10-11H,2-5,9,12H2,1H3,(H,23,24,25);1H. The Hall–Kier alpha value is -3.08. The SMILES string of the molecule is COc1cc(CNc2ncc(C(=O)N3CCCCOC3)cn2)cc(OC(F)(F)F)c1.[HH]. The second kappa shape index (κ2) is 9.61. The molecule has 0 atom stereocenters. The summed E-state index contributed by atoms with van der Waals surface area (Å²) in [4.78, 5) is 22.3. The lowest BCUT2D eigenvalue weighted by Crippen LogP contribution is -2.32. The van der Waals surface area contributed by atoms with Gasteiger partial charge in [0.15, 0.2) is 0 Å². The highest BCUT2D eigenvalue weighted by atomic mass is 19.4. The van der Waals surface area contributed by atoms with E-state index in [1.165, 1.54) is 25.6 Å². The Morgan fingerprint density at radius 1 is 1.23 bits per heavy atom. The summed E-state index contributed by atoms with van der Waals surface area (Å²) >= 11 is 0. The van der Waals surface area contributed by atoms with Gasteiger partial charge >= 0.3 is 6.36 Å². The zero-order valence-electron chi connectivity index (χ0n) is 16.2. The van der Waals surface area contributed by atoms with Gasteiger partial charge in [0.05, 0.1) is 12.7 Å². The maximum absolute atomic E-state index is 12.5. The van der Waals surface area contributed by atoms with Crippen molar-refractivity contribution < 1.29 is 33.6 Å². The number of carbonyl (C=O) groups is 1. The van der Waals surface area contributed by atoms with Gasteiger partial charge in [0.25, 0.3) is 5.91 Å². The van der Waals surface area contributed by atoms with E-state index in [1.807, 2.05) is 0 Å². The molecule has 1 amide bonds. The fourth-order valence-corrected chi connectivity index (χ4v) is 2.84. The molecule has 1 aromatic carbocycles. The van der Waals surface area contributed by atoms with Gasteiger partial charge in [-0.2, -0.15) is 0 Å². The summed E-state index contributed by atoms with van der Waals surface area (Å²) < 4.78 is 51.8. The van der Waals surface area contributed by atoms with Crippen LogP contribution in [0.1, 0.15) is 30.2 Å². The van der Waals surface area contributed by atoms with Crippen LogP contribution in [-0.4, -0.2) is 54.1 Å². The molecule has 8 nitrogen and oxygen atoms in total. The molecule has 0 radical (unpaired) electrons. The van der Waals surface area contributed by atoms with Crippen molar-refractivity contribution >= 4 is 11.9 Å². The molecule has 2 aromatic rings. The molecule has 1 aliphatic heterocycles. The number of alkyl halides is 3. The van der Waals surface area contributed by atoms with E-state index < -0.39 is 6.36 Å². The van der Waals surface area contributed by atoms with E-state index in [4.69, 9.17) is 9.47 Å². The van der Waals surface area contributed by atoms with Gasteiger partial charge in [-0.25, -0.2) is 9.97 Å². The molecule has 1 aromatic heterocycles. The van der Waals surface area contributed by atoms with Gasteiger partial charge < -0.3 is 24.4 Å².